The molecule has 7 heteroatoms. The van der Waals surface area contributed by atoms with Crippen LogP contribution in [0.5, 0.6) is 5.75 Å². The van der Waals surface area contributed by atoms with E-state index in [1.165, 1.54) is 12.1 Å². The summed E-state index contributed by atoms with van der Waals surface area (Å²) in [4.78, 5) is 1.12. The zero-order chi connectivity index (χ0) is 27.3. The van der Waals surface area contributed by atoms with Gasteiger partial charge in [0.05, 0.1) is 5.56 Å². The van der Waals surface area contributed by atoms with Crippen molar-refractivity contribution in [3.63, 3.8) is 0 Å². The lowest BCUT2D eigenvalue weighted by atomic mass is 9.72. The van der Waals surface area contributed by atoms with Gasteiger partial charge in [-0.25, -0.2) is 0 Å². The topological polar surface area (TPSA) is 50.9 Å². The Hall–Kier alpha value is -4.13. The number of phenols is 1. The van der Waals surface area contributed by atoms with E-state index < -0.39 is 22.6 Å². The van der Waals surface area contributed by atoms with Crippen molar-refractivity contribution < 1.29 is 18.3 Å². The highest BCUT2D eigenvalue weighted by Gasteiger charge is 2.35. The van der Waals surface area contributed by atoms with Gasteiger partial charge in [-0.2, -0.15) is 13.2 Å². The van der Waals surface area contributed by atoms with Crippen LogP contribution in [-0.2, 0) is 17.0 Å². The molecule has 0 aliphatic carbocycles. The summed E-state index contributed by atoms with van der Waals surface area (Å²) in [6.07, 6.45) is -4.58. The SMILES string of the molecule is CC(C)(c1ccccc1)c1cc(-n2nc3cccc(C(F)(F)F)c3n2)c(O)c(C(C)(C)c2ccccc2)c1. The molecule has 5 rings (SSSR count). The number of fused-ring (bicyclic) bond motifs is 1. The Kier molecular flexibility index (Phi) is 6.05. The summed E-state index contributed by atoms with van der Waals surface area (Å²) < 4.78 is 41.1. The van der Waals surface area contributed by atoms with Crippen LogP contribution in [0.3, 0.4) is 0 Å². The van der Waals surface area contributed by atoms with Crippen LogP contribution in [-0.4, -0.2) is 20.1 Å². The first-order valence-corrected chi connectivity index (χ1v) is 12.3. The Balaban J connectivity index is 1.79. The Morgan fingerprint density at radius 2 is 1.21 bits per heavy atom. The fraction of sp³-hybridized carbons (Fsp3) is 0.226. The van der Waals surface area contributed by atoms with Gasteiger partial charge in [0.25, 0.3) is 0 Å². The number of phenolic OH excluding ortho intramolecular Hbond substituents is 1. The maximum atomic E-state index is 13.7. The quantitative estimate of drug-likeness (QED) is 0.260. The van der Waals surface area contributed by atoms with E-state index in [0.29, 0.717) is 5.56 Å². The van der Waals surface area contributed by atoms with Crippen LogP contribution < -0.4 is 0 Å². The highest BCUT2D eigenvalue weighted by molar-refractivity contribution is 5.78. The third-order valence-electron chi connectivity index (χ3n) is 7.41. The van der Waals surface area contributed by atoms with Crippen molar-refractivity contribution in [2.45, 2.75) is 44.7 Å². The molecule has 0 amide bonds. The van der Waals surface area contributed by atoms with Gasteiger partial charge in [-0.3, -0.25) is 0 Å². The molecule has 0 fully saturated rings. The van der Waals surface area contributed by atoms with Crippen molar-refractivity contribution in [3.05, 3.63) is 119 Å². The lowest BCUT2D eigenvalue weighted by Gasteiger charge is -2.32. The monoisotopic (exact) mass is 515 g/mol. The van der Waals surface area contributed by atoms with Crippen LogP contribution in [0.4, 0.5) is 13.2 Å². The van der Waals surface area contributed by atoms with Gasteiger partial charge in [0.1, 0.15) is 22.5 Å². The second kappa shape index (κ2) is 9.01. The number of benzene rings is 4. The van der Waals surface area contributed by atoms with Crippen molar-refractivity contribution in [1.29, 1.82) is 0 Å². The number of alkyl halides is 3. The third kappa shape index (κ3) is 4.32. The van der Waals surface area contributed by atoms with Crippen LogP contribution in [0, 0.1) is 0 Å². The Labute approximate surface area is 219 Å². The predicted molar refractivity (Wildman–Crippen MR) is 143 cm³/mol. The molecular weight excluding hydrogens is 487 g/mol. The van der Waals surface area contributed by atoms with E-state index in [4.69, 9.17) is 0 Å². The summed E-state index contributed by atoms with van der Waals surface area (Å²) in [5.41, 5.74) is 1.58. The maximum Gasteiger partial charge on any atom is 0.418 e. The van der Waals surface area contributed by atoms with E-state index in [2.05, 4.69) is 24.0 Å². The Bertz CT molecular complexity index is 1600. The number of aromatic nitrogens is 3. The molecule has 0 bridgehead atoms. The van der Waals surface area contributed by atoms with E-state index in [1.54, 1.807) is 6.07 Å². The summed E-state index contributed by atoms with van der Waals surface area (Å²) in [6, 6.07) is 27.2. The number of rotatable bonds is 5. The number of halogens is 3. The molecule has 38 heavy (non-hydrogen) atoms. The summed E-state index contributed by atoms with van der Waals surface area (Å²) in [6.45, 7) is 8.17. The van der Waals surface area contributed by atoms with Crippen molar-refractivity contribution in [3.8, 4) is 11.4 Å². The summed E-state index contributed by atoms with van der Waals surface area (Å²) in [7, 11) is 0. The predicted octanol–water partition coefficient (Wildman–Crippen LogP) is 7.80. The molecule has 1 aromatic heterocycles. The summed E-state index contributed by atoms with van der Waals surface area (Å²) >= 11 is 0. The molecule has 4 nitrogen and oxygen atoms in total. The van der Waals surface area contributed by atoms with Crippen LogP contribution in [0.25, 0.3) is 16.7 Å². The normalized spacial score (nSPS) is 12.7. The molecule has 0 aliphatic heterocycles. The first-order chi connectivity index (χ1) is 17.9. The van der Waals surface area contributed by atoms with Gasteiger partial charge in [-0.15, -0.1) is 15.0 Å². The summed E-state index contributed by atoms with van der Waals surface area (Å²) in [5, 5.41) is 20.2. The highest BCUT2D eigenvalue weighted by Crippen LogP contribution is 2.44. The van der Waals surface area contributed by atoms with Gasteiger partial charge >= 0.3 is 6.18 Å². The molecule has 0 spiro atoms. The van der Waals surface area contributed by atoms with Crippen LogP contribution >= 0.6 is 0 Å². The zero-order valence-electron chi connectivity index (χ0n) is 21.6. The summed E-state index contributed by atoms with van der Waals surface area (Å²) in [5.74, 6) is -0.0830. The van der Waals surface area contributed by atoms with E-state index >= 15 is 0 Å². The van der Waals surface area contributed by atoms with Crippen LogP contribution in [0.1, 0.15) is 55.5 Å². The van der Waals surface area contributed by atoms with Crippen molar-refractivity contribution in [2.24, 2.45) is 0 Å². The van der Waals surface area contributed by atoms with Gasteiger partial charge in [-0.05, 0) is 34.9 Å². The third-order valence-corrected chi connectivity index (χ3v) is 7.41. The van der Waals surface area contributed by atoms with Crippen molar-refractivity contribution in [1.82, 2.24) is 15.0 Å². The average molecular weight is 516 g/mol. The van der Waals surface area contributed by atoms with Crippen LogP contribution in [0.15, 0.2) is 91.0 Å². The molecule has 1 heterocycles. The van der Waals surface area contributed by atoms with Crippen molar-refractivity contribution >= 4 is 11.0 Å². The highest BCUT2D eigenvalue weighted by atomic mass is 19.4. The van der Waals surface area contributed by atoms with Gasteiger partial charge in [0.15, 0.2) is 0 Å². The standard InChI is InChI=1S/C31H28F3N3O/c1-29(2,20-12-7-5-8-13-20)22-18-24(30(3,4)21-14-9-6-10-15-21)28(38)26(19-22)37-35-25-17-11-16-23(27(25)36-37)31(32,33)34/h5-19,38H,1-4H3. The minimum Gasteiger partial charge on any atom is -0.505 e. The van der Waals surface area contributed by atoms with Gasteiger partial charge in [0, 0.05) is 16.4 Å². The van der Waals surface area contributed by atoms with Gasteiger partial charge < -0.3 is 5.11 Å². The number of hydrogen-bond donors (Lipinski definition) is 1. The Morgan fingerprint density at radius 1 is 0.632 bits per heavy atom. The smallest absolute Gasteiger partial charge is 0.418 e. The number of hydrogen-bond acceptors (Lipinski definition) is 3. The zero-order valence-corrected chi connectivity index (χ0v) is 21.6. The van der Waals surface area contributed by atoms with Crippen molar-refractivity contribution in [2.75, 3.05) is 0 Å². The molecule has 0 unspecified atom stereocenters. The fourth-order valence-corrected chi connectivity index (χ4v) is 4.91. The second-order valence-electron chi connectivity index (χ2n) is 10.5. The molecule has 4 aromatic carbocycles. The molecule has 0 atom stereocenters. The molecular formula is C31H28F3N3O. The molecule has 194 valence electrons. The lowest BCUT2D eigenvalue weighted by molar-refractivity contribution is -0.136. The molecule has 0 saturated carbocycles. The van der Waals surface area contributed by atoms with E-state index in [-0.39, 0.29) is 22.5 Å². The first-order valence-electron chi connectivity index (χ1n) is 12.3. The van der Waals surface area contributed by atoms with E-state index in [9.17, 15) is 18.3 Å². The first kappa shape index (κ1) is 25.5. The Morgan fingerprint density at radius 3 is 1.79 bits per heavy atom. The minimum atomic E-state index is -4.58. The van der Waals surface area contributed by atoms with E-state index in [0.717, 1.165) is 27.6 Å². The minimum absolute atomic E-state index is 0.0830. The largest absolute Gasteiger partial charge is 0.505 e. The molecule has 0 radical (unpaired) electrons. The van der Waals surface area contributed by atoms with E-state index in [1.807, 2.05) is 80.6 Å². The van der Waals surface area contributed by atoms with Gasteiger partial charge in [0.2, 0.25) is 0 Å². The number of nitrogens with zero attached hydrogens (tertiary/aromatic N) is 3. The number of aromatic hydroxyl groups is 1. The fourth-order valence-electron chi connectivity index (χ4n) is 4.91. The van der Waals surface area contributed by atoms with Gasteiger partial charge in [-0.1, -0.05) is 100 Å². The maximum absolute atomic E-state index is 13.7. The molecule has 0 saturated heterocycles. The molecule has 1 N–H and O–H groups in total. The average Bonchev–Trinajstić information content (AvgIpc) is 3.33. The second-order valence-corrected chi connectivity index (χ2v) is 10.5. The lowest BCUT2D eigenvalue weighted by Crippen LogP contribution is -2.24. The molecule has 5 aromatic rings. The van der Waals surface area contributed by atoms with Crippen LogP contribution in [0.2, 0.25) is 0 Å². The molecule has 0 aliphatic rings.